The van der Waals surface area contributed by atoms with Crippen LogP contribution in [-0.2, 0) is 9.59 Å². The Morgan fingerprint density at radius 2 is 2.22 bits per heavy atom. The number of hydrogen-bond acceptors (Lipinski definition) is 5. The van der Waals surface area contributed by atoms with Crippen LogP contribution in [0.4, 0.5) is 0 Å². The van der Waals surface area contributed by atoms with Crippen molar-refractivity contribution in [1.82, 2.24) is 14.9 Å². The lowest BCUT2D eigenvalue weighted by Gasteiger charge is -2.43. The predicted octanol–water partition coefficient (Wildman–Crippen LogP) is 0.188. The van der Waals surface area contributed by atoms with E-state index in [9.17, 15) is 19.8 Å². The summed E-state index contributed by atoms with van der Waals surface area (Å²) in [4.78, 5) is 40.3. The quantitative estimate of drug-likeness (QED) is 0.578. The van der Waals surface area contributed by atoms with Gasteiger partial charge in [0, 0.05) is 25.5 Å². The van der Waals surface area contributed by atoms with Gasteiger partial charge in [-0.15, -0.1) is 0 Å². The van der Waals surface area contributed by atoms with Crippen LogP contribution in [0.25, 0.3) is 0 Å². The molecule has 1 aromatic rings. The summed E-state index contributed by atoms with van der Waals surface area (Å²) in [6.45, 7) is 1.96. The molecular formula is C14H21N3O6. The molecule has 0 aromatic carbocycles. The summed E-state index contributed by atoms with van der Waals surface area (Å²) < 4.78 is 0. The molecule has 1 amide bonds. The van der Waals surface area contributed by atoms with E-state index in [1.54, 1.807) is 6.20 Å². The lowest BCUT2D eigenvalue weighted by Crippen LogP contribution is -2.57. The molecule has 23 heavy (non-hydrogen) atoms. The monoisotopic (exact) mass is 327 g/mol. The number of carboxylic acids is 1. The first kappa shape index (κ1) is 18.6. The molecular weight excluding hydrogens is 306 g/mol. The molecule has 0 unspecified atom stereocenters. The molecule has 1 saturated heterocycles. The highest BCUT2D eigenvalue weighted by Gasteiger charge is 2.49. The average molecular weight is 327 g/mol. The lowest BCUT2D eigenvalue weighted by molar-refractivity contribution is -0.162. The van der Waals surface area contributed by atoms with Crippen molar-refractivity contribution in [2.45, 2.75) is 32.3 Å². The molecule has 0 saturated carbocycles. The van der Waals surface area contributed by atoms with Gasteiger partial charge in [-0.1, -0.05) is 13.3 Å². The number of aliphatic carboxylic acids is 1. The Kier molecular flexibility index (Phi) is 6.70. The van der Waals surface area contributed by atoms with Crippen molar-refractivity contribution < 1.29 is 29.7 Å². The second-order valence-corrected chi connectivity index (χ2v) is 5.29. The molecule has 1 aliphatic rings. The van der Waals surface area contributed by atoms with E-state index in [0.717, 1.165) is 0 Å². The van der Waals surface area contributed by atoms with Crippen molar-refractivity contribution in [3.8, 4) is 0 Å². The number of aromatic amines is 1. The fraction of sp³-hybridized carbons (Fsp3) is 0.571. The van der Waals surface area contributed by atoms with Crippen LogP contribution in [0.15, 0.2) is 12.4 Å². The van der Waals surface area contributed by atoms with Crippen LogP contribution < -0.4 is 0 Å². The zero-order chi connectivity index (χ0) is 17.5. The van der Waals surface area contributed by atoms with Crippen molar-refractivity contribution in [1.29, 1.82) is 0 Å². The molecule has 9 heteroatoms. The van der Waals surface area contributed by atoms with Crippen molar-refractivity contribution in [2.24, 2.45) is 5.41 Å². The highest BCUT2D eigenvalue weighted by Crippen LogP contribution is 2.35. The van der Waals surface area contributed by atoms with E-state index in [-0.39, 0.29) is 31.2 Å². The Hall–Kier alpha value is -2.42. The molecule has 0 radical (unpaired) electrons. The fourth-order valence-electron chi connectivity index (χ4n) is 2.79. The maximum Gasteiger partial charge on any atom is 0.314 e. The minimum absolute atomic E-state index is 0.0108. The first-order valence-corrected chi connectivity index (χ1v) is 7.20. The third kappa shape index (κ3) is 4.07. The third-order valence-corrected chi connectivity index (χ3v) is 3.89. The van der Waals surface area contributed by atoms with Gasteiger partial charge in [-0.25, -0.2) is 4.98 Å². The lowest BCUT2D eigenvalue weighted by atomic mass is 9.74. The van der Waals surface area contributed by atoms with Gasteiger partial charge in [0.2, 0.25) is 0 Å². The number of nitrogens with one attached hydrogen (secondary N) is 1. The standard InChI is InChI=1S/C13H19N3O4.CH2O2/c1-2-4-13(12(19)20)8-16(7-3-9(13)17)11(18)10-14-5-6-15-10;2-1-3/h5-6,9,17H,2-4,7-8H2,1H3,(H,14,15)(H,19,20);1H,(H,2,3)/t9-,13+;/m0./s1. The van der Waals surface area contributed by atoms with Crippen molar-refractivity contribution in [2.75, 3.05) is 13.1 Å². The van der Waals surface area contributed by atoms with E-state index in [2.05, 4.69) is 9.97 Å². The third-order valence-electron chi connectivity index (χ3n) is 3.89. The second kappa shape index (κ2) is 8.28. The summed E-state index contributed by atoms with van der Waals surface area (Å²) in [5.41, 5.74) is -1.28. The van der Waals surface area contributed by atoms with Crippen LogP contribution in [0.3, 0.4) is 0 Å². The molecule has 0 spiro atoms. The van der Waals surface area contributed by atoms with Crippen LogP contribution in [0.2, 0.25) is 0 Å². The van der Waals surface area contributed by atoms with Gasteiger partial charge < -0.3 is 25.2 Å². The van der Waals surface area contributed by atoms with Crippen LogP contribution >= 0.6 is 0 Å². The Balaban J connectivity index is 0.000000816. The van der Waals surface area contributed by atoms with Gasteiger partial charge in [0.25, 0.3) is 12.4 Å². The summed E-state index contributed by atoms with van der Waals surface area (Å²) in [5, 5.41) is 26.5. The van der Waals surface area contributed by atoms with Gasteiger partial charge in [0.15, 0.2) is 5.82 Å². The number of rotatable bonds is 4. The van der Waals surface area contributed by atoms with Crippen molar-refractivity contribution in [3.05, 3.63) is 18.2 Å². The van der Waals surface area contributed by atoms with Crippen molar-refractivity contribution in [3.63, 3.8) is 0 Å². The molecule has 0 bridgehead atoms. The van der Waals surface area contributed by atoms with Crippen LogP contribution in [0, 0.1) is 5.41 Å². The minimum Gasteiger partial charge on any atom is -0.483 e. The Morgan fingerprint density at radius 3 is 2.70 bits per heavy atom. The fourth-order valence-corrected chi connectivity index (χ4v) is 2.79. The molecule has 2 heterocycles. The summed E-state index contributed by atoms with van der Waals surface area (Å²) >= 11 is 0. The number of nitrogens with zero attached hydrogens (tertiary/aromatic N) is 2. The number of imidazole rings is 1. The number of aromatic nitrogens is 2. The molecule has 128 valence electrons. The SMILES string of the molecule is CCC[C@@]1(C(=O)O)CN(C(=O)c2ncc[nH]2)CC[C@@H]1O.O=CO. The van der Waals surface area contributed by atoms with Gasteiger partial charge in [0.1, 0.15) is 5.41 Å². The number of piperidine rings is 1. The zero-order valence-corrected chi connectivity index (χ0v) is 12.8. The Morgan fingerprint density at radius 1 is 1.57 bits per heavy atom. The molecule has 1 aliphatic heterocycles. The topological polar surface area (TPSA) is 144 Å². The van der Waals surface area contributed by atoms with Gasteiger partial charge in [-0.3, -0.25) is 14.4 Å². The largest absolute Gasteiger partial charge is 0.483 e. The first-order valence-electron chi connectivity index (χ1n) is 7.20. The van der Waals surface area contributed by atoms with E-state index in [4.69, 9.17) is 9.90 Å². The minimum atomic E-state index is -1.28. The van der Waals surface area contributed by atoms with E-state index in [0.29, 0.717) is 19.4 Å². The van der Waals surface area contributed by atoms with Gasteiger partial charge >= 0.3 is 5.97 Å². The van der Waals surface area contributed by atoms with Crippen LogP contribution in [0.5, 0.6) is 0 Å². The number of carboxylic acid groups (broad SMARTS) is 2. The van der Waals surface area contributed by atoms with Gasteiger partial charge in [0.05, 0.1) is 6.10 Å². The normalized spacial score (nSPS) is 23.6. The molecule has 9 nitrogen and oxygen atoms in total. The number of aliphatic hydroxyl groups excluding tert-OH is 1. The Labute approximate surface area is 133 Å². The van der Waals surface area contributed by atoms with Gasteiger partial charge in [-0.05, 0) is 12.8 Å². The molecule has 0 aliphatic carbocycles. The number of carbonyl (C=O) groups is 3. The van der Waals surface area contributed by atoms with Crippen LogP contribution in [-0.4, -0.2) is 67.7 Å². The second-order valence-electron chi connectivity index (χ2n) is 5.29. The maximum absolute atomic E-state index is 12.2. The van der Waals surface area contributed by atoms with E-state index in [1.165, 1.54) is 11.1 Å². The van der Waals surface area contributed by atoms with Crippen LogP contribution in [0.1, 0.15) is 36.8 Å². The summed E-state index contributed by atoms with van der Waals surface area (Å²) in [6, 6.07) is 0. The molecule has 1 fully saturated rings. The maximum atomic E-state index is 12.2. The van der Waals surface area contributed by atoms with E-state index in [1.807, 2.05) is 6.92 Å². The van der Waals surface area contributed by atoms with E-state index < -0.39 is 17.5 Å². The molecule has 2 atom stereocenters. The summed E-state index contributed by atoms with van der Waals surface area (Å²) in [5.74, 6) is -1.19. The Bertz CT molecular complexity index is 533. The molecule has 1 aromatic heterocycles. The average Bonchev–Trinajstić information content (AvgIpc) is 3.04. The number of likely N-dealkylation sites (tertiary alicyclic amines) is 1. The van der Waals surface area contributed by atoms with E-state index >= 15 is 0 Å². The number of hydrogen-bond donors (Lipinski definition) is 4. The predicted molar refractivity (Wildman–Crippen MR) is 78.8 cm³/mol. The van der Waals surface area contributed by atoms with Gasteiger partial charge in [-0.2, -0.15) is 0 Å². The molecule has 2 rings (SSSR count). The summed E-state index contributed by atoms with van der Waals surface area (Å²) in [6.07, 6.45) is 3.32. The number of H-pyrrole nitrogens is 1. The number of amides is 1. The highest BCUT2D eigenvalue weighted by molar-refractivity contribution is 5.91. The summed E-state index contributed by atoms with van der Waals surface area (Å²) in [7, 11) is 0. The molecule has 4 N–H and O–H groups in total. The smallest absolute Gasteiger partial charge is 0.314 e. The number of aliphatic hydroxyl groups is 1. The number of carbonyl (C=O) groups excluding carboxylic acids is 1. The first-order chi connectivity index (χ1) is 10.9. The highest BCUT2D eigenvalue weighted by atomic mass is 16.4. The van der Waals surface area contributed by atoms with Crippen molar-refractivity contribution >= 4 is 18.3 Å². The zero-order valence-electron chi connectivity index (χ0n) is 12.8.